The van der Waals surface area contributed by atoms with E-state index in [1.807, 2.05) is 18.2 Å². The number of aryl methyl sites for hydroxylation is 1. The normalized spacial score (nSPS) is 12.4. The van der Waals surface area contributed by atoms with Crippen LogP contribution < -0.4 is 0 Å². The van der Waals surface area contributed by atoms with E-state index in [-0.39, 0.29) is 11.7 Å². The number of ketones is 1. The highest BCUT2D eigenvalue weighted by atomic mass is 16.2. The highest BCUT2D eigenvalue weighted by Gasteiger charge is 2.24. The maximum atomic E-state index is 11.7. The molecule has 1 rings (SSSR count). The molecular weight excluding hydrogens is 224 g/mol. The molecule has 1 unspecified atom stereocenters. The third kappa shape index (κ3) is 4.10. The monoisotopic (exact) mass is 246 g/mol. The Bertz CT molecular complexity index is 366. The second-order valence-corrected chi connectivity index (χ2v) is 4.73. The smallest absolute Gasteiger partial charge is 0.198 e. The summed E-state index contributed by atoms with van der Waals surface area (Å²) in [5.74, 6) is -0.0243. The van der Waals surface area contributed by atoms with E-state index in [2.05, 4.69) is 26.0 Å². The molecule has 18 heavy (non-hydrogen) atoms. The van der Waals surface area contributed by atoms with Crippen LogP contribution in [0.1, 0.15) is 38.7 Å². The lowest BCUT2D eigenvalue weighted by Crippen LogP contribution is -2.24. The summed E-state index contributed by atoms with van der Waals surface area (Å²) in [5.41, 5.74) is 1.23. The van der Waals surface area contributed by atoms with E-state index in [9.17, 15) is 9.59 Å². The highest BCUT2D eigenvalue weighted by molar-refractivity contribution is 6.26. The first-order valence-electron chi connectivity index (χ1n) is 6.75. The second kappa shape index (κ2) is 7.80. The topological polar surface area (TPSA) is 34.1 Å². The largest absolute Gasteiger partial charge is 0.295 e. The van der Waals surface area contributed by atoms with Crippen molar-refractivity contribution in [3.05, 3.63) is 35.9 Å². The summed E-state index contributed by atoms with van der Waals surface area (Å²) in [6.07, 6.45) is 4.04. The molecule has 0 aromatic heterocycles. The summed E-state index contributed by atoms with van der Waals surface area (Å²) >= 11 is 0. The molecule has 2 heteroatoms. The predicted octanol–water partition coefficient (Wildman–Crippen LogP) is 3.44. The van der Waals surface area contributed by atoms with Gasteiger partial charge in [-0.05, 0) is 24.3 Å². The molecule has 0 bridgehead atoms. The standard InChI is InChI=1S/C16H22O2/c1-3-14(4-2)15(16(18)12-17)11-10-13-8-6-5-7-9-13/h5-9,12,14-15H,3-4,10-11H2,1-2H3. The van der Waals surface area contributed by atoms with Gasteiger partial charge >= 0.3 is 0 Å². The molecule has 0 aliphatic heterocycles. The van der Waals surface area contributed by atoms with Gasteiger partial charge in [0.15, 0.2) is 12.1 Å². The number of aldehydes is 1. The summed E-state index contributed by atoms with van der Waals surface area (Å²) in [7, 11) is 0. The van der Waals surface area contributed by atoms with Crippen LogP contribution in [0.25, 0.3) is 0 Å². The number of benzene rings is 1. The summed E-state index contributed by atoms with van der Waals surface area (Å²) < 4.78 is 0. The maximum Gasteiger partial charge on any atom is 0.198 e. The van der Waals surface area contributed by atoms with Crippen molar-refractivity contribution >= 4 is 12.1 Å². The lowest BCUT2D eigenvalue weighted by atomic mass is 9.81. The summed E-state index contributed by atoms with van der Waals surface area (Å²) in [5, 5.41) is 0. The Kier molecular flexibility index (Phi) is 6.34. The number of hydrogen-bond donors (Lipinski definition) is 0. The van der Waals surface area contributed by atoms with Gasteiger partial charge in [0.1, 0.15) is 0 Å². The summed E-state index contributed by atoms with van der Waals surface area (Å²) in [6, 6.07) is 10.1. The van der Waals surface area contributed by atoms with Crippen LogP contribution in [-0.2, 0) is 16.0 Å². The fraction of sp³-hybridized carbons (Fsp3) is 0.500. The average Bonchev–Trinajstić information content (AvgIpc) is 2.43. The Morgan fingerprint density at radius 2 is 1.78 bits per heavy atom. The molecule has 0 saturated heterocycles. The zero-order valence-corrected chi connectivity index (χ0v) is 11.3. The van der Waals surface area contributed by atoms with Crippen molar-refractivity contribution in [3.63, 3.8) is 0 Å². The van der Waals surface area contributed by atoms with Crippen molar-refractivity contribution in [1.29, 1.82) is 0 Å². The maximum absolute atomic E-state index is 11.7. The molecule has 2 nitrogen and oxygen atoms in total. The van der Waals surface area contributed by atoms with Gasteiger partial charge in [0.2, 0.25) is 0 Å². The second-order valence-electron chi connectivity index (χ2n) is 4.73. The third-order valence-electron chi connectivity index (χ3n) is 3.69. The Morgan fingerprint density at radius 1 is 1.17 bits per heavy atom. The first-order valence-corrected chi connectivity index (χ1v) is 6.75. The number of Topliss-reactive ketones (excluding diaryl/α,β-unsaturated/α-hetero) is 1. The molecular formula is C16H22O2. The number of carbonyl (C=O) groups is 2. The zero-order valence-electron chi connectivity index (χ0n) is 11.3. The van der Waals surface area contributed by atoms with E-state index in [0.29, 0.717) is 12.2 Å². The van der Waals surface area contributed by atoms with Gasteiger partial charge in [-0.3, -0.25) is 9.59 Å². The van der Waals surface area contributed by atoms with Crippen molar-refractivity contribution in [2.45, 2.75) is 39.5 Å². The van der Waals surface area contributed by atoms with E-state index in [0.717, 1.165) is 25.7 Å². The van der Waals surface area contributed by atoms with E-state index in [4.69, 9.17) is 0 Å². The van der Waals surface area contributed by atoms with Crippen molar-refractivity contribution in [1.82, 2.24) is 0 Å². The quantitative estimate of drug-likeness (QED) is 0.520. The number of carbonyl (C=O) groups excluding carboxylic acids is 2. The Hall–Kier alpha value is -1.44. The zero-order chi connectivity index (χ0) is 13.4. The molecule has 1 aromatic rings. The van der Waals surface area contributed by atoms with Crippen LogP contribution >= 0.6 is 0 Å². The summed E-state index contributed by atoms with van der Waals surface area (Å²) in [6.45, 7) is 4.17. The lowest BCUT2D eigenvalue weighted by molar-refractivity contribution is -0.134. The minimum atomic E-state index is -0.236. The molecule has 0 fully saturated rings. The highest BCUT2D eigenvalue weighted by Crippen LogP contribution is 2.25. The van der Waals surface area contributed by atoms with Crippen molar-refractivity contribution < 1.29 is 9.59 Å². The third-order valence-corrected chi connectivity index (χ3v) is 3.69. The van der Waals surface area contributed by atoms with Crippen LogP contribution in [0.4, 0.5) is 0 Å². The van der Waals surface area contributed by atoms with Gasteiger partial charge in [-0.2, -0.15) is 0 Å². The minimum absolute atomic E-state index is 0.113. The molecule has 0 aliphatic carbocycles. The van der Waals surface area contributed by atoms with Gasteiger partial charge in [0.25, 0.3) is 0 Å². The van der Waals surface area contributed by atoms with E-state index >= 15 is 0 Å². The van der Waals surface area contributed by atoms with Gasteiger partial charge in [0, 0.05) is 5.92 Å². The van der Waals surface area contributed by atoms with Crippen molar-refractivity contribution in [2.75, 3.05) is 0 Å². The van der Waals surface area contributed by atoms with Crippen LogP contribution in [0.5, 0.6) is 0 Å². The van der Waals surface area contributed by atoms with Crippen molar-refractivity contribution in [2.24, 2.45) is 11.8 Å². The fourth-order valence-electron chi connectivity index (χ4n) is 2.52. The lowest BCUT2D eigenvalue weighted by Gasteiger charge is -2.22. The fourth-order valence-corrected chi connectivity index (χ4v) is 2.52. The molecule has 0 spiro atoms. The summed E-state index contributed by atoms with van der Waals surface area (Å²) in [4.78, 5) is 22.5. The minimum Gasteiger partial charge on any atom is -0.295 e. The molecule has 1 atom stereocenters. The van der Waals surface area contributed by atoms with E-state index in [1.165, 1.54) is 5.56 Å². The van der Waals surface area contributed by atoms with Crippen LogP contribution in [-0.4, -0.2) is 12.1 Å². The molecule has 0 aliphatic rings. The van der Waals surface area contributed by atoms with Gasteiger partial charge < -0.3 is 0 Å². The molecule has 0 N–H and O–H groups in total. The first kappa shape index (κ1) is 14.6. The van der Waals surface area contributed by atoms with Crippen LogP contribution in [0, 0.1) is 11.8 Å². The van der Waals surface area contributed by atoms with Gasteiger partial charge in [-0.1, -0.05) is 57.0 Å². The van der Waals surface area contributed by atoms with Crippen LogP contribution in [0.15, 0.2) is 30.3 Å². The number of hydrogen-bond acceptors (Lipinski definition) is 2. The SMILES string of the molecule is CCC(CC)C(CCc1ccccc1)C(=O)C=O. The molecule has 1 aromatic carbocycles. The first-order chi connectivity index (χ1) is 8.72. The van der Waals surface area contributed by atoms with E-state index in [1.54, 1.807) is 0 Å². The van der Waals surface area contributed by atoms with Gasteiger partial charge in [0.05, 0.1) is 0 Å². The Labute approximate surface area is 109 Å². The van der Waals surface area contributed by atoms with Gasteiger partial charge in [-0.15, -0.1) is 0 Å². The van der Waals surface area contributed by atoms with Crippen LogP contribution in [0.2, 0.25) is 0 Å². The Morgan fingerprint density at radius 3 is 2.28 bits per heavy atom. The van der Waals surface area contributed by atoms with Crippen LogP contribution in [0.3, 0.4) is 0 Å². The average molecular weight is 246 g/mol. The molecule has 0 amide bonds. The Balaban J connectivity index is 2.67. The molecule has 0 radical (unpaired) electrons. The molecule has 98 valence electrons. The predicted molar refractivity (Wildman–Crippen MR) is 73.4 cm³/mol. The molecule has 0 heterocycles. The van der Waals surface area contributed by atoms with E-state index < -0.39 is 0 Å². The van der Waals surface area contributed by atoms with Crippen molar-refractivity contribution in [3.8, 4) is 0 Å². The number of rotatable bonds is 8. The molecule has 0 saturated carbocycles. The van der Waals surface area contributed by atoms with Gasteiger partial charge in [-0.25, -0.2) is 0 Å².